The van der Waals surface area contributed by atoms with Gasteiger partial charge in [-0.3, -0.25) is 4.79 Å². The molecule has 22 heavy (non-hydrogen) atoms. The van der Waals surface area contributed by atoms with Crippen LogP contribution >= 0.6 is 11.6 Å². The number of benzene rings is 2. The fraction of sp³-hybridized carbons (Fsp3) is 0.133. The minimum absolute atomic E-state index is 0.0126. The van der Waals surface area contributed by atoms with Gasteiger partial charge < -0.3 is 4.74 Å². The zero-order chi connectivity index (χ0) is 15.9. The van der Waals surface area contributed by atoms with Crippen LogP contribution in [0.15, 0.2) is 41.3 Å². The van der Waals surface area contributed by atoms with Crippen molar-refractivity contribution in [1.82, 2.24) is 0 Å². The van der Waals surface area contributed by atoms with Gasteiger partial charge in [-0.25, -0.2) is 13.6 Å². The number of hydrogen-bond donors (Lipinski definition) is 1. The summed E-state index contributed by atoms with van der Waals surface area (Å²) in [7, 11) is -3.99. The van der Waals surface area contributed by atoms with Gasteiger partial charge in [-0.05, 0) is 35.4 Å². The SMILES string of the molecule is NS(=O)(=O)c1cc(C(=O)c2ccc3c(c2)COC3)ccc1Cl. The molecule has 0 saturated heterocycles. The van der Waals surface area contributed by atoms with E-state index in [0.717, 1.165) is 11.1 Å². The quantitative estimate of drug-likeness (QED) is 0.870. The maximum Gasteiger partial charge on any atom is 0.239 e. The molecule has 5 nitrogen and oxygen atoms in total. The number of fused-ring (bicyclic) bond motifs is 1. The highest BCUT2D eigenvalue weighted by atomic mass is 35.5. The molecule has 0 saturated carbocycles. The molecule has 114 valence electrons. The molecule has 0 bridgehead atoms. The molecule has 0 aromatic heterocycles. The first-order chi connectivity index (χ1) is 10.4. The lowest BCUT2D eigenvalue weighted by Gasteiger charge is -2.07. The minimum atomic E-state index is -3.99. The van der Waals surface area contributed by atoms with Gasteiger partial charge in [-0.1, -0.05) is 23.7 Å². The molecular formula is C15H12ClNO4S. The van der Waals surface area contributed by atoms with Crippen molar-refractivity contribution in [2.24, 2.45) is 5.14 Å². The number of primary sulfonamides is 1. The maximum absolute atomic E-state index is 12.5. The topological polar surface area (TPSA) is 86.5 Å². The van der Waals surface area contributed by atoms with Crippen molar-refractivity contribution in [3.8, 4) is 0 Å². The normalized spacial score (nSPS) is 13.9. The van der Waals surface area contributed by atoms with E-state index in [1.165, 1.54) is 18.2 Å². The number of carbonyl (C=O) groups excluding carboxylic acids is 1. The van der Waals surface area contributed by atoms with Crippen molar-refractivity contribution < 1.29 is 17.9 Å². The summed E-state index contributed by atoms with van der Waals surface area (Å²) in [6.45, 7) is 1.01. The van der Waals surface area contributed by atoms with Crippen LogP contribution < -0.4 is 5.14 Å². The van der Waals surface area contributed by atoms with E-state index >= 15 is 0 Å². The summed E-state index contributed by atoms with van der Waals surface area (Å²) in [5, 5.41) is 5.09. The number of rotatable bonds is 3. The van der Waals surface area contributed by atoms with Gasteiger partial charge in [-0.15, -0.1) is 0 Å². The Balaban J connectivity index is 2.03. The number of carbonyl (C=O) groups is 1. The Bertz CT molecular complexity index is 877. The van der Waals surface area contributed by atoms with Crippen LogP contribution in [0, 0.1) is 0 Å². The molecule has 7 heteroatoms. The molecule has 0 unspecified atom stereocenters. The molecular weight excluding hydrogens is 326 g/mol. The average Bonchev–Trinajstić information content (AvgIpc) is 2.93. The van der Waals surface area contributed by atoms with E-state index < -0.39 is 10.0 Å². The maximum atomic E-state index is 12.5. The third-order valence-electron chi connectivity index (χ3n) is 3.48. The van der Waals surface area contributed by atoms with Crippen LogP contribution in [0.25, 0.3) is 0 Å². The van der Waals surface area contributed by atoms with Crippen LogP contribution in [0.3, 0.4) is 0 Å². The number of ether oxygens (including phenoxy) is 1. The number of sulfonamides is 1. The molecule has 0 atom stereocenters. The van der Waals surface area contributed by atoms with E-state index in [2.05, 4.69) is 0 Å². The zero-order valence-electron chi connectivity index (χ0n) is 11.4. The summed E-state index contributed by atoms with van der Waals surface area (Å²) in [5.74, 6) is -0.295. The van der Waals surface area contributed by atoms with Gasteiger partial charge in [0.25, 0.3) is 0 Å². The van der Waals surface area contributed by atoms with Crippen molar-refractivity contribution in [1.29, 1.82) is 0 Å². The Morgan fingerprint density at radius 1 is 1.05 bits per heavy atom. The van der Waals surface area contributed by atoms with Gasteiger partial charge in [0, 0.05) is 11.1 Å². The first-order valence-corrected chi connectivity index (χ1v) is 8.35. The Labute approximate surface area is 132 Å². The van der Waals surface area contributed by atoms with Gasteiger partial charge in [-0.2, -0.15) is 0 Å². The summed E-state index contributed by atoms with van der Waals surface area (Å²) in [6.07, 6.45) is 0. The minimum Gasteiger partial charge on any atom is -0.372 e. The molecule has 2 aromatic rings. The monoisotopic (exact) mass is 337 g/mol. The Morgan fingerprint density at radius 3 is 2.41 bits per heavy atom. The van der Waals surface area contributed by atoms with Crippen LogP contribution in [0.2, 0.25) is 5.02 Å². The smallest absolute Gasteiger partial charge is 0.239 e. The first-order valence-electron chi connectivity index (χ1n) is 6.43. The lowest BCUT2D eigenvalue weighted by molar-refractivity contribution is 0.103. The van der Waals surface area contributed by atoms with Gasteiger partial charge in [0.2, 0.25) is 10.0 Å². The van der Waals surface area contributed by atoms with Gasteiger partial charge in [0.05, 0.1) is 18.2 Å². The highest BCUT2D eigenvalue weighted by Gasteiger charge is 2.19. The number of nitrogens with two attached hydrogens (primary N) is 1. The molecule has 0 spiro atoms. The van der Waals surface area contributed by atoms with E-state index in [0.29, 0.717) is 18.8 Å². The van der Waals surface area contributed by atoms with E-state index in [4.69, 9.17) is 21.5 Å². The van der Waals surface area contributed by atoms with Crippen LogP contribution in [0.4, 0.5) is 0 Å². The number of hydrogen-bond acceptors (Lipinski definition) is 4. The molecule has 0 aliphatic carbocycles. The average molecular weight is 338 g/mol. The standard InChI is InChI=1S/C15H12ClNO4S/c16-13-4-3-10(6-14(13)22(17,19)20)15(18)9-1-2-11-7-21-8-12(11)5-9/h1-6H,7-8H2,(H2,17,19,20). The molecule has 1 heterocycles. The zero-order valence-corrected chi connectivity index (χ0v) is 12.9. The number of halogens is 1. The van der Waals surface area contributed by atoms with Crippen molar-refractivity contribution in [3.63, 3.8) is 0 Å². The van der Waals surface area contributed by atoms with Crippen molar-refractivity contribution >= 4 is 27.4 Å². The highest BCUT2D eigenvalue weighted by molar-refractivity contribution is 7.89. The van der Waals surface area contributed by atoms with E-state index in [-0.39, 0.29) is 21.3 Å². The fourth-order valence-electron chi connectivity index (χ4n) is 2.34. The predicted molar refractivity (Wildman–Crippen MR) is 81.2 cm³/mol. The van der Waals surface area contributed by atoms with Crippen LogP contribution in [0.1, 0.15) is 27.0 Å². The molecule has 2 N–H and O–H groups in total. The van der Waals surface area contributed by atoms with Crippen molar-refractivity contribution in [2.45, 2.75) is 18.1 Å². The second-order valence-electron chi connectivity index (χ2n) is 5.00. The third kappa shape index (κ3) is 2.78. The van der Waals surface area contributed by atoms with Crippen molar-refractivity contribution in [3.05, 3.63) is 63.7 Å². The van der Waals surface area contributed by atoms with E-state index in [1.807, 2.05) is 6.07 Å². The van der Waals surface area contributed by atoms with E-state index in [1.54, 1.807) is 12.1 Å². The summed E-state index contributed by atoms with van der Waals surface area (Å²) in [4.78, 5) is 12.3. The van der Waals surface area contributed by atoms with Gasteiger partial charge in [0.1, 0.15) is 4.90 Å². The Morgan fingerprint density at radius 2 is 1.68 bits per heavy atom. The molecule has 0 fully saturated rings. The molecule has 2 aromatic carbocycles. The molecule has 3 rings (SSSR count). The van der Waals surface area contributed by atoms with E-state index in [9.17, 15) is 13.2 Å². The fourth-order valence-corrected chi connectivity index (χ4v) is 3.41. The third-order valence-corrected chi connectivity index (χ3v) is 4.88. The van der Waals surface area contributed by atoms with Gasteiger partial charge >= 0.3 is 0 Å². The number of ketones is 1. The molecule has 1 aliphatic rings. The Kier molecular flexibility index (Phi) is 3.78. The predicted octanol–water partition coefficient (Wildman–Crippen LogP) is 2.25. The second kappa shape index (κ2) is 5.48. The summed E-state index contributed by atoms with van der Waals surface area (Å²) in [6, 6.07) is 9.32. The lowest BCUT2D eigenvalue weighted by Crippen LogP contribution is -2.14. The van der Waals surface area contributed by atoms with Crippen LogP contribution in [-0.4, -0.2) is 14.2 Å². The molecule has 1 aliphatic heterocycles. The van der Waals surface area contributed by atoms with Gasteiger partial charge in [0.15, 0.2) is 5.78 Å². The largest absolute Gasteiger partial charge is 0.372 e. The molecule has 0 amide bonds. The van der Waals surface area contributed by atoms with Crippen LogP contribution in [-0.2, 0) is 28.0 Å². The van der Waals surface area contributed by atoms with Crippen molar-refractivity contribution in [2.75, 3.05) is 0 Å². The lowest BCUT2D eigenvalue weighted by atomic mass is 9.99. The highest BCUT2D eigenvalue weighted by Crippen LogP contribution is 2.25. The summed E-state index contributed by atoms with van der Waals surface area (Å²) in [5.41, 5.74) is 2.70. The molecule has 0 radical (unpaired) electrons. The second-order valence-corrected chi connectivity index (χ2v) is 6.93. The first kappa shape index (κ1) is 15.2. The summed E-state index contributed by atoms with van der Waals surface area (Å²) < 4.78 is 28.3. The summed E-state index contributed by atoms with van der Waals surface area (Å²) >= 11 is 5.82. The van der Waals surface area contributed by atoms with Crippen LogP contribution in [0.5, 0.6) is 0 Å². The Hall–Kier alpha value is -1.73.